The van der Waals surface area contributed by atoms with Crippen LogP contribution in [0.2, 0.25) is 0 Å². The summed E-state index contributed by atoms with van der Waals surface area (Å²) in [6.07, 6.45) is 1.28. The molecule has 1 saturated heterocycles. The Balaban J connectivity index is 3.10. The first-order chi connectivity index (χ1) is 9.38. The van der Waals surface area contributed by atoms with Gasteiger partial charge in [-0.1, -0.05) is 20.8 Å². The highest BCUT2D eigenvalue weighted by atomic mass is 32.2. The number of sulfone groups is 1. The van der Waals surface area contributed by atoms with Crippen molar-refractivity contribution in [2.45, 2.75) is 39.0 Å². The normalized spacial score (nSPS) is 21.0. The van der Waals surface area contributed by atoms with E-state index in [0.717, 1.165) is 5.75 Å². The summed E-state index contributed by atoms with van der Waals surface area (Å²) in [6.45, 7) is 6.27. The molecule has 1 atom stereocenters. The van der Waals surface area contributed by atoms with Gasteiger partial charge in [0, 0.05) is 30.3 Å². The monoisotopic (exact) mass is 322 g/mol. The number of thioether (sulfide) groups is 1. The molecule has 5 nitrogen and oxygen atoms in total. The number of rotatable bonds is 6. The molecule has 1 aliphatic rings. The molecule has 1 fully saturated rings. The summed E-state index contributed by atoms with van der Waals surface area (Å²) in [5.41, 5.74) is 5.20. The van der Waals surface area contributed by atoms with E-state index in [2.05, 4.69) is 0 Å². The smallest absolute Gasteiger partial charge is 0.231 e. The van der Waals surface area contributed by atoms with E-state index in [1.807, 2.05) is 13.8 Å². The zero-order valence-corrected chi connectivity index (χ0v) is 14.2. The molecule has 1 heterocycles. The molecular formula is C13H26N2O3S2. The Labute approximate surface area is 126 Å². The summed E-state index contributed by atoms with van der Waals surface area (Å²) < 4.78 is 24.4. The SMILES string of the molecule is CCC(CC)(CN)C(=O)N1CCSCC1S(=O)(=O)CC. The molecule has 1 aliphatic heterocycles. The second kappa shape index (κ2) is 7.13. The molecule has 0 aliphatic carbocycles. The van der Waals surface area contributed by atoms with Crippen LogP contribution in [-0.2, 0) is 14.6 Å². The highest BCUT2D eigenvalue weighted by Gasteiger charge is 2.43. The highest BCUT2D eigenvalue weighted by molar-refractivity contribution is 8.01. The fraction of sp³-hybridized carbons (Fsp3) is 0.923. The van der Waals surface area contributed by atoms with Crippen LogP contribution in [0.1, 0.15) is 33.6 Å². The van der Waals surface area contributed by atoms with Crippen molar-refractivity contribution in [1.82, 2.24) is 4.90 Å². The summed E-state index contributed by atoms with van der Waals surface area (Å²) in [5, 5.41) is -0.692. The third-order valence-electron chi connectivity index (χ3n) is 4.36. The number of amides is 1. The van der Waals surface area contributed by atoms with Gasteiger partial charge in [0.25, 0.3) is 0 Å². The highest BCUT2D eigenvalue weighted by Crippen LogP contribution is 2.32. The molecule has 0 spiro atoms. The molecule has 0 saturated carbocycles. The zero-order chi connectivity index (χ0) is 15.4. The number of hydrogen-bond acceptors (Lipinski definition) is 5. The molecule has 0 radical (unpaired) electrons. The molecule has 20 heavy (non-hydrogen) atoms. The maximum Gasteiger partial charge on any atom is 0.231 e. The van der Waals surface area contributed by atoms with Gasteiger partial charge < -0.3 is 10.6 Å². The van der Waals surface area contributed by atoms with E-state index in [4.69, 9.17) is 5.73 Å². The van der Waals surface area contributed by atoms with Crippen LogP contribution in [0.25, 0.3) is 0 Å². The Morgan fingerprint density at radius 1 is 1.35 bits per heavy atom. The molecule has 1 amide bonds. The predicted molar refractivity (Wildman–Crippen MR) is 84.4 cm³/mol. The number of nitrogens with two attached hydrogens (primary N) is 1. The maximum atomic E-state index is 12.9. The number of nitrogens with zero attached hydrogens (tertiary/aromatic N) is 1. The van der Waals surface area contributed by atoms with Crippen LogP contribution in [0.15, 0.2) is 0 Å². The van der Waals surface area contributed by atoms with Crippen molar-refractivity contribution in [1.29, 1.82) is 0 Å². The van der Waals surface area contributed by atoms with Crippen LogP contribution in [-0.4, -0.2) is 54.9 Å². The maximum absolute atomic E-state index is 12.9. The average molecular weight is 322 g/mol. The summed E-state index contributed by atoms with van der Waals surface area (Å²) in [5.74, 6) is 1.23. The van der Waals surface area contributed by atoms with Crippen LogP contribution in [0, 0.1) is 5.41 Å². The molecule has 0 bridgehead atoms. The Morgan fingerprint density at radius 3 is 2.40 bits per heavy atom. The van der Waals surface area contributed by atoms with Gasteiger partial charge in [-0.05, 0) is 12.8 Å². The van der Waals surface area contributed by atoms with Gasteiger partial charge >= 0.3 is 0 Å². The number of carbonyl (C=O) groups is 1. The standard InChI is InChI=1S/C13H26N2O3S2/c1-4-13(5-2,10-14)12(16)15-7-8-19-9-11(15)20(17,18)6-3/h11H,4-10,14H2,1-3H3. The zero-order valence-electron chi connectivity index (χ0n) is 12.6. The number of hydrogen-bond donors (Lipinski definition) is 1. The van der Waals surface area contributed by atoms with Crippen molar-refractivity contribution in [2.24, 2.45) is 11.1 Å². The van der Waals surface area contributed by atoms with E-state index in [0.29, 0.717) is 25.1 Å². The average Bonchev–Trinajstić information content (AvgIpc) is 2.49. The second-order valence-corrected chi connectivity index (χ2v) is 8.77. The van der Waals surface area contributed by atoms with Crippen molar-refractivity contribution in [3.63, 3.8) is 0 Å². The minimum atomic E-state index is -3.26. The van der Waals surface area contributed by atoms with Crippen molar-refractivity contribution >= 4 is 27.5 Å². The van der Waals surface area contributed by atoms with Crippen LogP contribution < -0.4 is 5.73 Å². The Morgan fingerprint density at radius 2 is 1.95 bits per heavy atom. The van der Waals surface area contributed by atoms with Crippen LogP contribution in [0.5, 0.6) is 0 Å². The molecule has 1 rings (SSSR count). The first-order valence-corrected chi connectivity index (χ1v) is 10.1. The molecule has 1 unspecified atom stereocenters. The largest absolute Gasteiger partial charge is 0.329 e. The van der Waals surface area contributed by atoms with Crippen LogP contribution in [0.3, 0.4) is 0 Å². The minimum absolute atomic E-state index is 0.0654. The van der Waals surface area contributed by atoms with Gasteiger partial charge in [-0.2, -0.15) is 11.8 Å². The van der Waals surface area contributed by atoms with Crippen LogP contribution >= 0.6 is 11.8 Å². The summed E-state index contributed by atoms with van der Waals surface area (Å²) >= 11 is 1.60. The third kappa shape index (κ3) is 3.31. The minimum Gasteiger partial charge on any atom is -0.329 e. The van der Waals surface area contributed by atoms with Gasteiger partial charge in [-0.3, -0.25) is 4.79 Å². The molecule has 2 N–H and O–H groups in total. The molecular weight excluding hydrogens is 296 g/mol. The van der Waals surface area contributed by atoms with E-state index in [9.17, 15) is 13.2 Å². The molecule has 0 aromatic rings. The van der Waals surface area contributed by atoms with Gasteiger partial charge in [-0.25, -0.2) is 8.42 Å². The summed E-state index contributed by atoms with van der Waals surface area (Å²) in [7, 11) is -3.26. The van der Waals surface area contributed by atoms with Crippen molar-refractivity contribution in [3.8, 4) is 0 Å². The lowest BCUT2D eigenvalue weighted by Gasteiger charge is -2.41. The fourth-order valence-corrected chi connectivity index (χ4v) is 5.50. The van der Waals surface area contributed by atoms with Crippen molar-refractivity contribution < 1.29 is 13.2 Å². The number of carbonyl (C=O) groups excluding carboxylic acids is 1. The molecule has 7 heteroatoms. The van der Waals surface area contributed by atoms with Gasteiger partial charge in [0.2, 0.25) is 5.91 Å². The van der Waals surface area contributed by atoms with E-state index < -0.39 is 20.6 Å². The quantitative estimate of drug-likeness (QED) is 0.792. The van der Waals surface area contributed by atoms with Gasteiger partial charge in [0.05, 0.1) is 5.41 Å². The lowest BCUT2D eigenvalue weighted by Crippen LogP contribution is -2.56. The molecule has 118 valence electrons. The van der Waals surface area contributed by atoms with E-state index in [-0.39, 0.29) is 18.2 Å². The van der Waals surface area contributed by atoms with Gasteiger partial charge in [0.15, 0.2) is 9.84 Å². The van der Waals surface area contributed by atoms with E-state index >= 15 is 0 Å². The first kappa shape index (κ1) is 17.8. The fourth-order valence-electron chi connectivity index (χ4n) is 2.54. The van der Waals surface area contributed by atoms with Crippen LogP contribution in [0.4, 0.5) is 0 Å². The Bertz CT molecular complexity index is 425. The second-order valence-electron chi connectivity index (χ2n) is 5.17. The lowest BCUT2D eigenvalue weighted by atomic mass is 9.81. The molecule has 0 aromatic carbocycles. The Hall–Kier alpha value is -0.270. The molecule has 0 aromatic heterocycles. The van der Waals surface area contributed by atoms with Crippen molar-refractivity contribution in [3.05, 3.63) is 0 Å². The lowest BCUT2D eigenvalue weighted by molar-refractivity contribution is -0.142. The summed E-state index contributed by atoms with van der Waals surface area (Å²) in [6, 6.07) is 0. The van der Waals surface area contributed by atoms with E-state index in [1.165, 1.54) is 0 Å². The predicted octanol–water partition coefficient (Wildman–Crippen LogP) is 1.09. The third-order valence-corrected chi connectivity index (χ3v) is 7.65. The van der Waals surface area contributed by atoms with Crippen molar-refractivity contribution in [2.75, 3.05) is 30.3 Å². The Kier molecular flexibility index (Phi) is 6.34. The topological polar surface area (TPSA) is 80.5 Å². The van der Waals surface area contributed by atoms with E-state index in [1.54, 1.807) is 23.6 Å². The summed E-state index contributed by atoms with van der Waals surface area (Å²) in [4.78, 5) is 14.4. The van der Waals surface area contributed by atoms with Gasteiger partial charge in [-0.15, -0.1) is 0 Å². The first-order valence-electron chi connectivity index (χ1n) is 7.19. The van der Waals surface area contributed by atoms with Gasteiger partial charge in [0.1, 0.15) is 5.37 Å².